The zero-order valence-electron chi connectivity index (χ0n) is 19.8. The van der Waals surface area contributed by atoms with E-state index in [9.17, 15) is 19.8 Å². The first kappa shape index (κ1) is 26.0. The Bertz CT molecular complexity index is 857. The smallest absolute Gasteiger partial charge is 0.253 e. The average Bonchev–Trinajstić information content (AvgIpc) is 3.15. The molecular weight excluding hydrogens is 440 g/mol. The van der Waals surface area contributed by atoms with Crippen LogP contribution in [-0.2, 0) is 30.5 Å². The standard InChI is InChI=1S/C25H34N2O7/c1-18(26-33-15-9-4-3-8-14-27-22(29)12-13-23(27)30)25(31)19(2)34-24(16-21(25)28)32-17-20-10-6-5-7-11-20/h5-7,10-13,19,21,24,28,31H,3-4,8-9,14-17H2,1-2H3/t19-,21+,24+,25+/m0/s1. The van der Waals surface area contributed by atoms with Crippen molar-refractivity contribution in [2.24, 2.45) is 5.16 Å². The predicted molar refractivity (Wildman–Crippen MR) is 125 cm³/mol. The van der Waals surface area contributed by atoms with Crippen LogP contribution in [0.4, 0.5) is 0 Å². The third-order valence-electron chi connectivity index (χ3n) is 6.23. The molecule has 1 fully saturated rings. The summed E-state index contributed by atoms with van der Waals surface area (Å²) in [5, 5.41) is 25.8. The molecule has 1 saturated heterocycles. The highest BCUT2D eigenvalue weighted by atomic mass is 16.7. The van der Waals surface area contributed by atoms with Gasteiger partial charge < -0.3 is 24.5 Å². The molecule has 0 unspecified atom stereocenters. The fourth-order valence-electron chi connectivity index (χ4n) is 4.08. The number of rotatable bonds is 12. The van der Waals surface area contributed by atoms with Gasteiger partial charge in [0.2, 0.25) is 0 Å². The Balaban J connectivity index is 1.35. The lowest BCUT2D eigenvalue weighted by Crippen LogP contribution is -2.62. The number of hydrogen-bond acceptors (Lipinski definition) is 8. The third-order valence-corrected chi connectivity index (χ3v) is 6.23. The van der Waals surface area contributed by atoms with E-state index in [-0.39, 0.29) is 23.9 Å². The molecule has 2 heterocycles. The molecule has 0 aliphatic carbocycles. The highest BCUT2D eigenvalue weighted by molar-refractivity contribution is 6.12. The number of hydrogen-bond donors (Lipinski definition) is 2. The van der Waals surface area contributed by atoms with Crippen LogP contribution in [0.5, 0.6) is 0 Å². The number of aliphatic hydroxyl groups is 2. The van der Waals surface area contributed by atoms with Gasteiger partial charge in [0.25, 0.3) is 11.8 Å². The highest BCUT2D eigenvalue weighted by Crippen LogP contribution is 2.32. The largest absolute Gasteiger partial charge is 0.396 e. The van der Waals surface area contributed by atoms with E-state index in [1.807, 2.05) is 30.3 Å². The fourth-order valence-corrected chi connectivity index (χ4v) is 4.08. The molecular formula is C25H34N2O7. The molecule has 34 heavy (non-hydrogen) atoms. The summed E-state index contributed by atoms with van der Waals surface area (Å²) in [6, 6.07) is 9.66. The monoisotopic (exact) mass is 474 g/mol. The van der Waals surface area contributed by atoms with Crippen LogP contribution in [0, 0.1) is 0 Å². The zero-order chi connectivity index (χ0) is 24.6. The number of ether oxygens (including phenoxy) is 2. The van der Waals surface area contributed by atoms with Crippen molar-refractivity contribution in [1.82, 2.24) is 4.90 Å². The number of unbranched alkanes of at least 4 members (excludes halogenated alkanes) is 3. The molecule has 2 N–H and O–H groups in total. The van der Waals surface area contributed by atoms with Gasteiger partial charge in [-0.3, -0.25) is 14.5 Å². The van der Waals surface area contributed by atoms with Gasteiger partial charge in [0.1, 0.15) is 6.61 Å². The van der Waals surface area contributed by atoms with Crippen molar-refractivity contribution >= 4 is 17.5 Å². The Morgan fingerprint density at radius 2 is 1.82 bits per heavy atom. The molecule has 186 valence electrons. The molecule has 1 aromatic carbocycles. The predicted octanol–water partition coefficient (Wildman–Crippen LogP) is 2.31. The van der Waals surface area contributed by atoms with E-state index in [0.717, 1.165) is 31.2 Å². The molecule has 4 atom stereocenters. The van der Waals surface area contributed by atoms with Crippen molar-refractivity contribution in [2.75, 3.05) is 13.2 Å². The number of aliphatic hydroxyl groups excluding tert-OH is 1. The molecule has 2 aliphatic heterocycles. The fraction of sp³-hybridized carbons (Fsp3) is 0.560. The topological polar surface area (TPSA) is 118 Å². The van der Waals surface area contributed by atoms with E-state index in [1.54, 1.807) is 13.8 Å². The van der Waals surface area contributed by atoms with Crippen molar-refractivity contribution in [3.05, 3.63) is 48.0 Å². The Hall–Kier alpha value is -2.59. The molecule has 0 saturated carbocycles. The van der Waals surface area contributed by atoms with Crippen molar-refractivity contribution in [2.45, 2.75) is 76.7 Å². The second kappa shape index (κ2) is 12.2. The van der Waals surface area contributed by atoms with Gasteiger partial charge in [-0.05, 0) is 38.7 Å². The number of amides is 2. The Labute approximate surface area is 200 Å². The van der Waals surface area contributed by atoms with Gasteiger partial charge in [0, 0.05) is 25.1 Å². The molecule has 0 aromatic heterocycles. The molecule has 0 radical (unpaired) electrons. The van der Waals surface area contributed by atoms with E-state index in [4.69, 9.17) is 14.3 Å². The van der Waals surface area contributed by atoms with Gasteiger partial charge in [-0.25, -0.2) is 0 Å². The first-order valence-corrected chi connectivity index (χ1v) is 11.7. The molecule has 2 amide bonds. The maximum Gasteiger partial charge on any atom is 0.253 e. The minimum Gasteiger partial charge on any atom is -0.396 e. The summed E-state index contributed by atoms with van der Waals surface area (Å²) in [6.07, 6.45) is 3.36. The van der Waals surface area contributed by atoms with Crippen molar-refractivity contribution in [3.8, 4) is 0 Å². The van der Waals surface area contributed by atoms with Crippen LogP contribution in [0.1, 0.15) is 51.5 Å². The second-order valence-corrected chi connectivity index (χ2v) is 8.67. The molecule has 1 aromatic rings. The first-order chi connectivity index (χ1) is 16.3. The van der Waals surface area contributed by atoms with Crippen LogP contribution in [0.2, 0.25) is 0 Å². The average molecular weight is 475 g/mol. The SMILES string of the molecule is CC(=NOCCCCCCN1C(=O)C=CC1=O)[C@]1(O)[C@H](O)C[C@H](OCc2ccccc2)O[C@H]1C. The van der Waals surface area contributed by atoms with Crippen molar-refractivity contribution in [1.29, 1.82) is 0 Å². The summed E-state index contributed by atoms with van der Waals surface area (Å²) in [7, 11) is 0. The summed E-state index contributed by atoms with van der Waals surface area (Å²) in [5.41, 5.74) is -0.432. The molecule has 0 spiro atoms. The number of benzene rings is 1. The molecule has 9 heteroatoms. The summed E-state index contributed by atoms with van der Waals surface area (Å²) in [4.78, 5) is 29.6. The Kier molecular flexibility index (Phi) is 9.35. The minimum atomic E-state index is -1.67. The number of carbonyl (C=O) groups excluding carboxylic acids is 2. The lowest BCUT2D eigenvalue weighted by atomic mass is 9.83. The zero-order valence-corrected chi connectivity index (χ0v) is 19.8. The summed E-state index contributed by atoms with van der Waals surface area (Å²) >= 11 is 0. The van der Waals surface area contributed by atoms with Gasteiger partial charge in [0.15, 0.2) is 11.9 Å². The summed E-state index contributed by atoms with van der Waals surface area (Å²) in [5.74, 6) is -0.512. The lowest BCUT2D eigenvalue weighted by Gasteiger charge is -2.44. The van der Waals surface area contributed by atoms with Crippen molar-refractivity contribution < 1.29 is 34.1 Å². The first-order valence-electron chi connectivity index (χ1n) is 11.7. The molecule has 3 rings (SSSR count). The highest BCUT2D eigenvalue weighted by Gasteiger charge is 2.50. The van der Waals surface area contributed by atoms with Gasteiger partial charge in [-0.2, -0.15) is 0 Å². The van der Waals surface area contributed by atoms with Crippen LogP contribution < -0.4 is 0 Å². The Morgan fingerprint density at radius 1 is 1.15 bits per heavy atom. The van der Waals surface area contributed by atoms with E-state index < -0.39 is 24.1 Å². The lowest BCUT2D eigenvalue weighted by molar-refractivity contribution is -0.266. The number of nitrogens with zero attached hydrogens (tertiary/aromatic N) is 2. The van der Waals surface area contributed by atoms with E-state index in [1.165, 1.54) is 17.1 Å². The van der Waals surface area contributed by atoms with Crippen LogP contribution in [0.15, 0.2) is 47.6 Å². The van der Waals surface area contributed by atoms with E-state index >= 15 is 0 Å². The Morgan fingerprint density at radius 3 is 2.50 bits per heavy atom. The van der Waals surface area contributed by atoms with Gasteiger partial charge in [-0.15, -0.1) is 0 Å². The number of carbonyl (C=O) groups is 2. The maximum atomic E-state index is 11.5. The maximum absolute atomic E-state index is 11.5. The van der Waals surface area contributed by atoms with Crippen molar-refractivity contribution in [3.63, 3.8) is 0 Å². The van der Waals surface area contributed by atoms with E-state index in [0.29, 0.717) is 19.8 Å². The van der Waals surface area contributed by atoms with Crippen LogP contribution >= 0.6 is 0 Å². The quantitative estimate of drug-likeness (QED) is 0.207. The third kappa shape index (κ3) is 6.50. The van der Waals surface area contributed by atoms with Crippen LogP contribution in [-0.4, -0.2) is 69.9 Å². The minimum absolute atomic E-state index is 0.109. The van der Waals surface area contributed by atoms with Gasteiger partial charge >= 0.3 is 0 Å². The van der Waals surface area contributed by atoms with Crippen LogP contribution in [0.25, 0.3) is 0 Å². The molecule has 2 aliphatic rings. The van der Waals surface area contributed by atoms with Gasteiger partial charge in [-0.1, -0.05) is 41.9 Å². The number of imide groups is 1. The van der Waals surface area contributed by atoms with Crippen LogP contribution in [0.3, 0.4) is 0 Å². The van der Waals surface area contributed by atoms with E-state index in [2.05, 4.69) is 5.16 Å². The van der Waals surface area contributed by atoms with Gasteiger partial charge in [0.05, 0.1) is 24.5 Å². The number of oxime groups is 1. The summed E-state index contributed by atoms with van der Waals surface area (Å²) < 4.78 is 11.6. The summed E-state index contributed by atoms with van der Waals surface area (Å²) in [6.45, 7) is 4.39. The molecule has 0 bridgehead atoms. The second-order valence-electron chi connectivity index (χ2n) is 8.67. The normalized spacial score (nSPS) is 27.5. The molecule has 9 nitrogen and oxygen atoms in total.